The first kappa shape index (κ1) is 11.4. The van der Waals surface area contributed by atoms with Crippen molar-refractivity contribution in [1.82, 2.24) is 14.6 Å². The first-order valence-electron chi connectivity index (χ1n) is 5.21. The van der Waals surface area contributed by atoms with Crippen molar-refractivity contribution < 1.29 is 4.42 Å². The van der Waals surface area contributed by atoms with Crippen molar-refractivity contribution in [2.75, 3.05) is 5.32 Å². The second kappa shape index (κ2) is 4.51. The van der Waals surface area contributed by atoms with Crippen LogP contribution in [-0.4, -0.2) is 14.6 Å². The molecule has 0 unspecified atom stereocenters. The number of hydrogen-bond donors (Lipinski definition) is 1. The lowest BCUT2D eigenvalue weighted by Gasteiger charge is -2.06. The second-order valence-electron chi connectivity index (χ2n) is 3.62. The highest BCUT2D eigenvalue weighted by Gasteiger charge is 2.09. The van der Waals surface area contributed by atoms with Crippen molar-refractivity contribution in [2.24, 2.45) is 0 Å². The topological polar surface area (TPSA) is 55.4 Å². The van der Waals surface area contributed by atoms with Gasteiger partial charge in [-0.15, -0.1) is 5.10 Å². The molecule has 0 bridgehead atoms. The zero-order valence-electron chi connectivity index (χ0n) is 9.10. The number of nitrogens with one attached hydrogen (secondary N) is 1. The van der Waals surface area contributed by atoms with Gasteiger partial charge in [-0.25, -0.2) is 4.52 Å². The van der Waals surface area contributed by atoms with Crippen LogP contribution in [0.15, 0.2) is 34.9 Å². The summed E-state index contributed by atoms with van der Waals surface area (Å²) in [5.41, 5.74) is 0.760. The Bertz CT molecular complexity index is 678. The molecule has 3 aromatic heterocycles. The average molecular weight is 283 g/mol. The Kier molecular flexibility index (Phi) is 2.85. The van der Waals surface area contributed by atoms with Gasteiger partial charge < -0.3 is 9.73 Å². The van der Waals surface area contributed by atoms with Crippen LogP contribution in [0.25, 0.3) is 5.52 Å². The normalized spacial score (nSPS) is 11.0. The molecule has 7 heteroatoms. The van der Waals surface area contributed by atoms with Crippen LogP contribution in [0.5, 0.6) is 0 Å². The Morgan fingerprint density at radius 1 is 1.28 bits per heavy atom. The SMILES string of the molecule is Clc1nc(NCc2ccco2)c2ccc(Cl)n2n1. The lowest BCUT2D eigenvalue weighted by molar-refractivity contribution is 0.518. The van der Waals surface area contributed by atoms with Gasteiger partial charge in [0.2, 0.25) is 5.28 Å². The maximum atomic E-state index is 5.98. The lowest BCUT2D eigenvalue weighted by atomic mass is 10.4. The number of aromatic nitrogens is 3. The molecule has 0 fully saturated rings. The van der Waals surface area contributed by atoms with Crippen molar-refractivity contribution in [1.29, 1.82) is 0 Å². The van der Waals surface area contributed by atoms with Gasteiger partial charge in [-0.2, -0.15) is 4.98 Å². The molecule has 0 radical (unpaired) electrons. The number of furan rings is 1. The van der Waals surface area contributed by atoms with Gasteiger partial charge in [0.15, 0.2) is 5.82 Å². The minimum Gasteiger partial charge on any atom is -0.467 e. The molecule has 3 aromatic rings. The molecule has 0 aromatic carbocycles. The van der Waals surface area contributed by atoms with Crippen molar-refractivity contribution in [3.05, 3.63) is 46.7 Å². The van der Waals surface area contributed by atoms with E-state index in [0.29, 0.717) is 17.5 Å². The number of halogens is 2. The summed E-state index contributed by atoms with van der Waals surface area (Å²) in [4.78, 5) is 4.14. The maximum absolute atomic E-state index is 5.98. The van der Waals surface area contributed by atoms with Crippen molar-refractivity contribution in [2.45, 2.75) is 6.54 Å². The second-order valence-corrected chi connectivity index (χ2v) is 4.34. The zero-order valence-corrected chi connectivity index (χ0v) is 10.6. The predicted octanol–water partition coefficient (Wildman–Crippen LogP) is 3.24. The Labute approximate surface area is 112 Å². The monoisotopic (exact) mass is 282 g/mol. The summed E-state index contributed by atoms with van der Waals surface area (Å²) in [5, 5.41) is 7.76. The summed E-state index contributed by atoms with van der Waals surface area (Å²) in [5.74, 6) is 1.42. The van der Waals surface area contributed by atoms with Crippen LogP contribution in [-0.2, 0) is 6.54 Å². The van der Waals surface area contributed by atoms with Gasteiger partial charge in [-0.3, -0.25) is 0 Å². The van der Waals surface area contributed by atoms with Crippen LogP contribution >= 0.6 is 23.2 Å². The predicted molar refractivity (Wildman–Crippen MR) is 69.0 cm³/mol. The Morgan fingerprint density at radius 3 is 2.94 bits per heavy atom. The average Bonchev–Trinajstić information content (AvgIpc) is 2.97. The lowest BCUT2D eigenvalue weighted by Crippen LogP contribution is -2.05. The molecule has 0 amide bonds. The molecule has 0 saturated heterocycles. The Hall–Kier alpha value is -1.72. The molecule has 18 heavy (non-hydrogen) atoms. The standard InChI is InChI=1S/C11H8Cl2N4O/c12-9-4-3-8-10(15-11(13)16-17(8)9)14-6-7-2-1-5-18-7/h1-5H,6H2,(H,14,15,16). The molecule has 0 aliphatic carbocycles. The quantitative estimate of drug-likeness (QED) is 0.801. The van der Waals surface area contributed by atoms with Crippen molar-refractivity contribution in [3.63, 3.8) is 0 Å². The van der Waals surface area contributed by atoms with Gasteiger partial charge in [0.25, 0.3) is 0 Å². The van der Waals surface area contributed by atoms with Gasteiger partial charge in [0.05, 0.1) is 12.8 Å². The van der Waals surface area contributed by atoms with Crippen molar-refractivity contribution >= 4 is 34.5 Å². The Balaban J connectivity index is 1.95. The van der Waals surface area contributed by atoms with Gasteiger partial charge in [-0.05, 0) is 35.9 Å². The highest BCUT2D eigenvalue weighted by Crippen LogP contribution is 2.22. The van der Waals surface area contributed by atoms with E-state index in [1.54, 1.807) is 12.3 Å². The summed E-state index contributed by atoms with van der Waals surface area (Å²) in [6.45, 7) is 0.513. The Morgan fingerprint density at radius 2 is 2.17 bits per heavy atom. The highest BCUT2D eigenvalue weighted by atomic mass is 35.5. The number of rotatable bonds is 3. The molecule has 0 aliphatic heterocycles. The molecule has 92 valence electrons. The summed E-state index contributed by atoms with van der Waals surface area (Å²) < 4.78 is 6.76. The summed E-state index contributed by atoms with van der Waals surface area (Å²) in [7, 11) is 0. The smallest absolute Gasteiger partial charge is 0.243 e. The number of anilines is 1. The van der Waals surface area contributed by atoms with Crippen LogP contribution < -0.4 is 5.32 Å². The third-order valence-electron chi connectivity index (χ3n) is 2.45. The fourth-order valence-electron chi connectivity index (χ4n) is 1.65. The van der Waals surface area contributed by atoms with E-state index in [2.05, 4.69) is 15.4 Å². The summed E-state index contributed by atoms with van der Waals surface area (Å²) >= 11 is 11.8. The number of nitrogens with zero attached hydrogens (tertiary/aromatic N) is 3. The molecule has 3 rings (SSSR count). The minimum absolute atomic E-state index is 0.127. The van der Waals surface area contributed by atoms with Gasteiger partial charge >= 0.3 is 0 Å². The number of hydrogen-bond acceptors (Lipinski definition) is 4. The van der Waals surface area contributed by atoms with E-state index in [9.17, 15) is 0 Å². The van der Waals surface area contributed by atoms with Crippen LogP contribution in [0.4, 0.5) is 5.82 Å². The molecule has 1 N–H and O–H groups in total. The fraction of sp³-hybridized carbons (Fsp3) is 0.0909. The fourth-order valence-corrected chi connectivity index (χ4v) is 2.01. The zero-order chi connectivity index (χ0) is 12.5. The minimum atomic E-state index is 0.127. The van der Waals surface area contributed by atoms with Crippen LogP contribution in [0.2, 0.25) is 10.4 Å². The molecule has 0 saturated carbocycles. The molecule has 5 nitrogen and oxygen atoms in total. The van der Waals surface area contributed by atoms with Gasteiger partial charge in [0.1, 0.15) is 16.4 Å². The largest absolute Gasteiger partial charge is 0.467 e. The molecular formula is C11H8Cl2N4O. The van der Waals surface area contributed by atoms with Crippen molar-refractivity contribution in [3.8, 4) is 0 Å². The molecule has 3 heterocycles. The van der Waals surface area contributed by atoms with E-state index < -0.39 is 0 Å². The molecule has 0 spiro atoms. The first-order valence-corrected chi connectivity index (χ1v) is 5.96. The van der Waals surface area contributed by atoms with E-state index >= 15 is 0 Å². The van der Waals surface area contributed by atoms with Gasteiger partial charge in [0, 0.05) is 0 Å². The first-order chi connectivity index (χ1) is 8.74. The third kappa shape index (κ3) is 2.02. The van der Waals surface area contributed by atoms with E-state index in [0.717, 1.165) is 11.3 Å². The molecular weight excluding hydrogens is 275 g/mol. The summed E-state index contributed by atoms with van der Waals surface area (Å²) in [6.07, 6.45) is 1.62. The maximum Gasteiger partial charge on any atom is 0.243 e. The summed E-state index contributed by atoms with van der Waals surface area (Å²) in [6, 6.07) is 7.26. The van der Waals surface area contributed by atoms with Crippen LogP contribution in [0.1, 0.15) is 5.76 Å². The van der Waals surface area contributed by atoms with E-state index in [-0.39, 0.29) is 5.28 Å². The van der Waals surface area contributed by atoms with Gasteiger partial charge in [-0.1, -0.05) is 11.6 Å². The van der Waals surface area contributed by atoms with E-state index in [1.807, 2.05) is 18.2 Å². The highest BCUT2D eigenvalue weighted by molar-refractivity contribution is 6.30. The molecule has 0 aliphatic rings. The van der Waals surface area contributed by atoms with E-state index in [1.165, 1.54) is 4.52 Å². The molecule has 0 atom stereocenters. The number of fused-ring (bicyclic) bond motifs is 1. The van der Waals surface area contributed by atoms with Crippen LogP contribution in [0, 0.1) is 0 Å². The van der Waals surface area contributed by atoms with Crippen LogP contribution in [0.3, 0.4) is 0 Å². The van der Waals surface area contributed by atoms with E-state index in [4.69, 9.17) is 27.6 Å². The third-order valence-corrected chi connectivity index (χ3v) is 2.89.